The van der Waals surface area contributed by atoms with Crippen LogP contribution in [0.3, 0.4) is 0 Å². The van der Waals surface area contributed by atoms with E-state index in [-0.39, 0.29) is 0 Å². The van der Waals surface area contributed by atoms with Crippen molar-refractivity contribution in [3.8, 4) is 0 Å². The van der Waals surface area contributed by atoms with E-state index >= 15 is 0 Å². The van der Waals surface area contributed by atoms with Crippen molar-refractivity contribution in [2.45, 2.75) is 50.8 Å². The highest BCUT2D eigenvalue weighted by molar-refractivity contribution is 7.89. The average Bonchev–Trinajstić information content (AvgIpc) is 2.39. The van der Waals surface area contributed by atoms with Crippen molar-refractivity contribution in [3.63, 3.8) is 0 Å². The lowest BCUT2D eigenvalue weighted by molar-refractivity contribution is 0.579. The Hall–Kier alpha value is -1.13. The number of hydrogen-bond donors (Lipinski definition) is 1. The molecule has 0 saturated carbocycles. The van der Waals surface area contributed by atoms with E-state index in [1.165, 1.54) is 18.4 Å². The van der Waals surface area contributed by atoms with Gasteiger partial charge in [-0.15, -0.1) is 0 Å². The van der Waals surface area contributed by atoms with Crippen LogP contribution >= 0.6 is 0 Å². The van der Waals surface area contributed by atoms with Gasteiger partial charge in [-0.1, -0.05) is 29.3 Å². The first-order valence-electron chi connectivity index (χ1n) is 7.24. The summed E-state index contributed by atoms with van der Waals surface area (Å²) < 4.78 is 27.3. The molecule has 0 amide bonds. The Kier molecular flexibility index (Phi) is 5.00. The van der Waals surface area contributed by atoms with E-state index in [1.807, 2.05) is 26.0 Å². The summed E-state index contributed by atoms with van der Waals surface area (Å²) in [7, 11) is -3.39. The van der Waals surface area contributed by atoms with Gasteiger partial charge >= 0.3 is 0 Å². The van der Waals surface area contributed by atoms with Crippen LogP contribution in [0.15, 0.2) is 34.7 Å². The Balaban J connectivity index is 1.98. The van der Waals surface area contributed by atoms with Crippen molar-refractivity contribution in [1.29, 1.82) is 0 Å². The third kappa shape index (κ3) is 3.93. The smallest absolute Gasteiger partial charge is 0.211 e. The van der Waals surface area contributed by atoms with Gasteiger partial charge in [-0.05, 0) is 57.6 Å². The standard InChI is InChI=1S/C16H23NO2S/c1-13-8-9-16(14(2)12-13)20(18,19)17-11-10-15-6-4-3-5-7-15/h6,8-9,12,17H,3-5,7,10-11H2,1-2H3. The van der Waals surface area contributed by atoms with Gasteiger partial charge in [0, 0.05) is 6.54 Å². The van der Waals surface area contributed by atoms with E-state index in [4.69, 9.17) is 0 Å². The van der Waals surface area contributed by atoms with Crippen LogP contribution < -0.4 is 4.72 Å². The van der Waals surface area contributed by atoms with Gasteiger partial charge in [-0.2, -0.15) is 0 Å². The SMILES string of the molecule is Cc1ccc(S(=O)(=O)NCCC2=CCCCC2)c(C)c1. The van der Waals surface area contributed by atoms with Crippen molar-refractivity contribution in [3.05, 3.63) is 41.0 Å². The molecule has 4 heteroatoms. The third-order valence-corrected chi connectivity index (χ3v) is 5.36. The fourth-order valence-corrected chi connectivity index (χ4v) is 3.91. The van der Waals surface area contributed by atoms with Crippen LogP contribution in [-0.4, -0.2) is 15.0 Å². The maximum Gasteiger partial charge on any atom is 0.240 e. The van der Waals surface area contributed by atoms with Crippen LogP contribution in [0, 0.1) is 13.8 Å². The molecule has 0 aromatic heterocycles. The Morgan fingerprint density at radius 1 is 1.20 bits per heavy atom. The number of sulfonamides is 1. The zero-order valence-electron chi connectivity index (χ0n) is 12.3. The summed E-state index contributed by atoms with van der Waals surface area (Å²) in [6, 6.07) is 5.43. The molecule has 1 N–H and O–H groups in total. The van der Waals surface area contributed by atoms with Gasteiger partial charge in [0.15, 0.2) is 0 Å². The zero-order valence-corrected chi connectivity index (χ0v) is 13.1. The molecular formula is C16H23NO2S. The van der Waals surface area contributed by atoms with Crippen LogP contribution in [-0.2, 0) is 10.0 Å². The normalized spacial score (nSPS) is 16.0. The predicted molar refractivity (Wildman–Crippen MR) is 82.3 cm³/mol. The molecule has 0 heterocycles. The van der Waals surface area contributed by atoms with Gasteiger partial charge in [-0.3, -0.25) is 0 Å². The molecule has 0 saturated heterocycles. The van der Waals surface area contributed by atoms with E-state index in [9.17, 15) is 8.42 Å². The maximum absolute atomic E-state index is 12.3. The Bertz CT molecular complexity index is 603. The first-order chi connectivity index (χ1) is 9.49. The van der Waals surface area contributed by atoms with Gasteiger partial charge in [0.1, 0.15) is 0 Å². The summed E-state index contributed by atoms with van der Waals surface area (Å²) >= 11 is 0. The number of aryl methyl sites for hydroxylation is 2. The molecule has 1 aliphatic carbocycles. The molecule has 0 aliphatic heterocycles. The minimum absolute atomic E-state index is 0.390. The van der Waals surface area contributed by atoms with E-state index in [0.29, 0.717) is 11.4 Å². The maximum atomic E-state index is 12.3. The molecule has 0 spiro atoms. The van der Waals surface area contributed by atoms with Crippen LogP contribution in [0.2, 0.25) is 0 Å². The summed E-state index contributed by atoms with van der Waals surface area (Å²) in [6.07, 6.45) is 7.83. The summed E-state index contributed by atoms with van der Waals surface area (Å²) in [5.74, 6) is 0. The average molecular weight is 293 g/mol. The number of rotatable bonds is 5. The van der Waals surface area contributed by atoms with E-state index in [2.05, 4.69) is 10.8 Å². The van der Waals surface area contributed by atoms with Crippen molar-refractivity contribution < 1.29 is 8.42 Å². The second kappa shape index (κ2) is 6.55. The fraction of sp³-hybridized carbons (Fsp3) is 0.500. The van der Waals surface area contributed by atoms with E-state index in [1.54, 1.807) is 6.07 Å². The van der Waals surface area contributed by atoms with Crippen molar-refractivity contribution in [1.82, 2.24) is 4.72 Å². The van der Waals surface area contributed by atoms with E-state index in [0.717, 1.165) is 30.4 Å². The van der Waals surface area contributed by atoms with Crippen molar-refractivity contribution in [2.24, 2.45) is 0 Å². The second-order valence-corrected chi connectivity index (χ2v) is 7.26. The summed E-state index contributed by atoms with van der Waals surface area (Å²) in [5, 5.41) is 0. The molecule has 0 atom stereocenters. The lowest BCUT2D eigenvalue weighted by Gasteiger charge is -2.14. The third-order valence-electron chi connectivity index (χ3n) is 3.74. The molecule has 0 bridgehead atoms. The molecule has 3 nitrogen and oxygen atoms in total. The molecule has 0 fully saturated rings. The monoisotopic (exact) mass is 293 g/mol. The highest BCUT2D eigenvalue weighted by Crippen LogP contribution is 2.20. The largest absolute Gasteiger partial charge is 0.240 e. The molecule has 110 valence electrons. The number of nitrogens with one attached hydrogen (secondary N) is 1. The molecular weight excluding hydrogens is 270 g/mol. The van der Waals surface area contributed by atoms with E-state index < -0.39 is 10.0 Å². The topological polar surface area (TPSA) is 46.2 Å². The first kappa shape index (κ1) is 15.3. The van der Waals surface area contributed by atoms with Crippen LogP contribution in [0.4, 0.5) is 0 Å². The predicted octanol–water partition coefficient (Wildman–Crippen LogP) is 3.47. The second-order valence-electron chi connectivity index (χ2n) is 5.52. The summed E-state index contributed by atoms with van der Waals surface area (Å²) in [6.45, 7) is 4.29. The number of benzene rings is 1. The molecule has 2 rings (SSSR count). The molecule has 0 radical (unpaired) electrons. The molecule has 0 unspecified atom stereocenters. The molecule has 1 aliphatic rings. The highest BCUT2D eigenvalue weighted by Gasteiger charge is 2.16. The van der Waals surface area contributed by atoms with Gasteiger partial charge in [0.05, 0.1) is 4.90 Å². The van der Waals surface area contributed by atoms with Gasteiger partial charge < -0.3 is 0 Å². The van der Waals surface area contributed by atoms with Gasteiger partial charge in [0.2, 0.25) is 10.0 Å². The van der Waals surface area contributed by atoms with Gasteiger partial charge in [0.25, 0.3) is 0 Å². The van der Waals surface area contributed by atoms with Crippen molar-refractivity contribution in [2.75, 3.05) is 6.54 Å². The Morgan fingerprint density at radius 2 is 2.00 bits per heavy atom. The minimum Gasteiger partial charge on any atom is -0.211 e. The Labute approximate surface area is 122 Å². The number of hydrogen-bond acceptors (Lipinski definition) is 2. The first-order valence-corrected chi connectivity index (χ1v) is 8.72. The molecule has 1 aromatic rings. The van der Waals surface area contributed by atoms with Crippen LogP contribution in [0.5, 0.6) is 0 Å². The Morgan fingerprint density at radius 3 is 2.65 bits per heavy atom. The summed E-state index contributed by atoms with van der Waals surface area (Å²) in [4.78, 5) is 0.390. The minimum atomic E-state index is -3.39. The molecule has 1 aromatic carbocycles. The number of allylic oxidation sites excluding steroid dienone is 1. The summed E-state index contributed by atoms with van der Waals surface area (Å²) in [5.41, 5.74) is 3.27. The lowest BCUT2D eigenvalue weighted by atomic mass is 9.97. The highest BCUT2D eigenvalue weighted by atomic mass is 32.2. The lowest BCUT2D eigenvalue weighted by Crippen LogP contribution is -2.26. The molecule has 20 heavy (non-hydrogen) atoms. The van der Waals surface area contributed by atoms with Crippen LogP contribution in [0.25, 0.3) is 0 Å². The quantitative estimate of drug-likeness (QED) is 0.845. The van der Waals surface area contributed by atoms with Gasteiger partial charge in [-0.25, -0.2) is 13.1 Å². The van der Waals surface area contributed by atoms with Crippen LogP contribution in [0.1, 0.15) is 43.2 Å². The zero-order chi connectivity index (χ0) is 14.6. The van der Waals surface area contributed by atoms with Crippen molar-refractivity contribution >= 4 is 10.0 Å². The fourth-order valence-electron chi connectivity index (χ4n) is 2.66.